The minimum atomic E-state index is 0.160. The van der Waals surface area contributed by atoms with Crippen molar-refractivity contribution in [3.05, 3.63) is 0 Å². The van der Waals surface area contributed by atoms with Gasteiger partial charge in [-0.1, -0.05) is 0 Å². The van der Waals surface area contributed by atoms with Crippen LogP contribution >= 0.6 is 0 Å². The van der Waals surface area contributed by atoms with Crippen LogP contribution in [0.3, 0.4) is 0 Å². The van der Waals surface area contributed by atoms with Crippen molar-refractivity contribution < 1.29 is 9.53 Å². The van der Waals surface area contributed by atoms with Crippen molar-refractivity contribution in [1.82, 2.24) is 9.80 Å². The van der Waals surface area contributed by atoms with E-state index in [0.717, 1.165) is 45.7 Å². The van der Waals surface area contributed by atoms with Crippen molar-refractivity contribution in [2.75, 3.05) is 39.4 Å². The fraction of sp³-hybridized carbons (Fsp3) is 0.929. The molecule has 5 nitrogen and oxygen atoms in total. The fourth-order valence-corrected chi connectivity index (χ4v) is 3.09. The minimum absolute atomic E-state index is 0.160. The number of carbonyl (C=O) groups excluding carboxylic acids is 1. The minimum Gasteiger partial charge on any atom is -0.379 e. The van der Waals surface area contributed by atoms with Crippen LogP contribution < -0.4 is 5.73 Å². The number of piperidine rings is 1. The van der Waals surface area contributed by atoms with Gasteiger partial charge in [0.2, 0.25) is 5.91 Å². The van der Waals surface area contributed by atoms with Gasteiger partial charge >= 0.3 is 0 Å². The average molecular weight is 269 g/mol. The van der Waals surface area contributed by atoms with Crippen molar-refractivity contribution >= 4 is 5.91 Å². The predicted molar refractivity (Wildman–Crippen MR) is 74.9 cm³/mol. The second-order valence-electron chi connectivity index (χ2n) is 5.70. The van der Waals surface area contributed by atoms with Crippen LogP contribution in [0.25, 0.3) is 0 Å². The maximum atomic E-state index is 12.3. The Morgan fingerprint density at radius 1 is 1.32 bits per heavy atom. The number of ether oxygens (including phenoxy) is 1. The molecule has 0 saturated carbocycles. The van der Waals surface area contributed by atoms with Crippen LogP contribution in [-0.2, 0) is 9.53 Å². The molecule has 2 saturated heterocycles. The van der Waals surface area contributed by atoms with Gasteiger partial charge in [0.05, 0.1) is 13.2 Å². The van der Waals surface area contributed by atoms with Crippen LogP contribution in [0.2, 0.25) is 0 Å². The summed E-state index contributed by atoms with van der Waals surface area (Å²) in [6.45, 7) is 6.92. The predicted octanol–water partition coefficient (Wildman–Crippen LogP) is 0.437. The van der Waals surface area contributed by atoms with Crippen LogP contribution in [0.1, 0.15) is 32.6 Å². The molecule has 1 amide bonds. The van der Waals surface area contributed by atoms with Crippen molar-refractivity contribution in [1.29, 1.82) is 0 Å². The summed E-state index contributed by atoms with van der Waals surface area (Å²) in [5, 5.41) is 0. The number of morpholine rings is 1. The molecule has 110 valence electrons. The Morgan fingerprint density at radius 3 is 2.68 bits per heavy atom. The lowest BCUT2D eigenvalue weighted by atomic mass is 10.1. The third-order valence-corrected chi connectivity index (χ3v) is 4.28. The van der Waals surface area contributed by atoms with E-state index < -0.39 is 0 Å². The zero-order chi connectivity index (χ0) is 13.7. The highest BCUT2D eigenvalue weighted by Crippen LogP contribution is 2.16. The van der Waals surface area contributed by atoms with E-state index in [-0.39, 0.29) is 11.9 Å². The molecular weight excluding hydrogens is 242 g/mol. The molecule has 0 aromatic heterocycles. The quantitative estimate of drug-likeness (QED) is 0.804. The van der Waals surface area contributed by atoms with Crippen molar-refractivity contribution in [2.24, 2.45) is 5.73 Å². The van der Waals surface area contributed by atoms with E-state index in [1.165, 1.54) is 6.42 Å². The molecule has 19 heavy (non-hydrogen) atoms. The van der Waals surface area contributed by atoms with E-state index >= 15 is 0 Å². The molecule has 5 heteroatoms. The van der Waals surface area contributed by atoms with E-state index in [4.69, 9.17) is 10.5 Å². The van der Waals surface area contributed by atoms with Gasteiger partial charge in [0.25, 0.3) is 0 Å². The molecular formula is C14H27N3O2. The summed E-state index contributed by atoms with van der Waals surface area (Å²) in [5.74, 6) is 0.272. The summed E-state index contributed by atoms with van der Waals surface area (Å²) in [5.41, 5.74) is 5.89. The lowest BCUT2D eigenvalue weighted by Crippen LogP contribution is -2.53. The molecule has 0 aromatic rings. The maximum Gasteiger partial charge on any atom is 0.224 e. The molecule has 2 aliphatic heterocycles. The Labute approximate surface area is 116 Å². The first-order chi connectivity index (χ1) is 9.22. The second kappa shape index (κ2) is 7.22. The summed E-state index contributed by atoms with van der Waals surface area (Å²) in [7, 11) is 0. The van der Waals surface area contributed by atoms with Crippen LogP contribution in [0, 0.1) is 0 Å². The fourth-order valence-electron chi connectivity index (χ4n) is 3.09. The molecule has 0 aliphatic carbocycles. The molecule has 2 fully saturated rings. The van der Waals surface area contributed by atoms with Gasteiger partial charge < -0.3 is 15.4 Å². The van der Waals surface area contributed by atoms with Gasteiger partial charge in [0.15, 0.2) is 0 Å². The SMILES string of the molecule is CC1COCCN1C(CN)CC(=O)N1CCCCC1. The third kappa shape index (κ3) is 3.91. The summed E-state index contributed by atoms with van der Waals surface area (Å²) in [6.07, 6.45) is 4.10. The van der Waals surface area contributed by atoms with Gasteiger partial charge in [-0.25, -0.2) is 0 Å². The number of rotatable bonds is 4. The number of nitrogens with two attached hydrogens (primary N) is 1. The normalized spacial score (nSPS) is 27.3. The van der Waals surface area contributed by atoms with Crippen LogP contribution in [0.15, 0.2) is 0 Å². The number of nitrogens with zero attached hydrogens (tertiary/aromatic N) is 2. The second-order valence-corrected chi connectivity index (χ2v) is 5.70. The van der Waals surface area contributed by atoms with Crippen LogP contribution in [-0.4, -0.2) is 67.2 Å². The van der Waals surface area contributed by atoms with E-state index in [1.54, 1.807) is 0 Å². The van der Waals surface area contributed by atoms with Crippen molar-refractivity contribution in [3.8, 4) is 0 Å². The molecule has 2 unspecified atom stereocenters. The highest BCUT2D eigenvalue weighted by Gasteiger charge is 2.29. The molecule has 2 heterocycles. The monoisotopic (exact) mass is 269 g/mol. The smallest absolute Gasteiger partial charge is 0.224 e. The standard InChI is InChI=1S/C14H27N3O2/c1-12-11-19-8-7-17(12)13(10-15)9-14(18)16-5-3-2-4-6-16/h12-13H,2-11,15H2,1H3. The van der Waals surface area contributed by atoms with Gasteiger partial charge in [-0.15, -0.1) is 0 Å². The van der Waals surface area contributed by atoms with Gasteiger partial charge in [-0.2, -0.15) is 0 Å². The topological polar surface area (TPSA) is 58.8 Å². The third-order valence-electron chi connectivity index (χ3n) is 4.28. The first-order valence-electron chi connectivity index (χ1n) is 7.53. The summed E-state index contributed by atoms with van der Waals surface area (Å²) in [4.78, 5) is 16.7. The first-order valence-corrected chi connectivity index (χ1v) is 7.53. The van der Waals surface area contributed by atoms with Gasteiger partial charge in [-0.3, -0.25) is 9.69 Å². The van der Waals surface area contributed by atoms with Crippen LogP contribution in [0.4, 0.5) is 0 Å². The molecule has 0 aromatic carbocycles. The van der Waals surface area contributed by atoms with Gasteiger partial charge in [0.1, 0.15) is 0 Å². The van der Waals surface area contributed by atoms with Crippen molar-refractivity contribution in [2.45, 2.75) is 44.7 Å². The zero-order valence-corrected chi connectivity index (χ0v) is 12.0. The highest BCUT2D eigenvalue weighted by molar-refractivity contribution is 5.77. The Balaban J connectivity index is 1.88. The Bertz CT molecular complexity index is 292. The molecule has 2 rings (SSSR count). The number of carbonyl (C=O) groups is 1. The molecule has 2 N–H and O–H groups in total. The Kier molecular flexibility index (Phi) is 5.60. The number of hydrogen-bond donors (Lipinski definition) is 1. The number of amides is 1. The molecule has 2 aliphatic rings. The molecule has 0 bridgehead atoms. The summed E-state index contributed by atoms with van der Waals surface area (Å²) < 4.78 is 5.45. The number of hydrogen-bond acceptors (Lipinski definition) is 4. The van der Waals surface area contributed by atoms with Crippen LogP contribution in [0.5, 0.6) is 0 Å². The summed E-state index contributed by atoms with van der Waals surface area (Å²) in [6, 6.07) is 0.518. The zero-order valence-electron chi connectivity index (χ0n) is 12.0. The average Bonchev–Trinajstić information content (AvgIpc) is 2.46. The highest BCUT2D eigenvalue weighted by atomic mass is 16.5. The maximum absolute atomic E-state index is 12.3. The lowest BCUT2D eigenvalue weighted by molar-refractivity contribution is -0.134. The van der Waals surface area contributed by atoms with Crippen molar-refractivity contribution in [3.63, 3.8) is 0 Å². The molecule has 0 spiro atoms. The largest absolute Gasteiger partial charge is 0.379 e. The Hall–Kier alpha value is -0.650. The molecule has 2 atom stereocenters. The van der Waals surface area contributed by atoms with E-state index in [9.17, 15) is 4.79 Å². The number of likely N-dealkylation sites (tertiary alicyclic amines) is 1. The summed E-state index contributed by atoms with van der Waals surface area (Å²) >= 11 is 0. The van der Waals surface area contributed by atoms with E-state index in [1.807, 2.05) is 4.90 Å². The van der Waals surface area contributed by atoms with E-state index in [0.29, 0.717) is 19.0 Å². The van der Waals surface area contributed by atoms with E-state index in [2.05, 4.69) is 11.8 Å². The van der Waals surface area contributed by atoms with Gasteiger partial charge in [0, 0.05) is 44.7 Å². The van der Waals surface area contributed by atoms with Gasteiger partial charge in [-0.05, 0) is 26.2 Å². The molecule has 0 radical (unpaired) electrons. The Morgan fingerprint density at radius 2 is 2.05 bits per heavy atom. The first kappa shape index (κ1) is 14.8. The lowest BCUT2D eigenvalue weighted by Gasteiger charge is -2.39.